The van der Waals surface area contributed by atoms with Crippen molar-refractivity contribution in [3.8, 4) is 0 Å². The number of carboxylic acids is 1. The van der Waals surface area contributed by atoms with Crippen LogP contribution in [0.2, 0.25) is 0 Å². The van der Waals surface area contributed by atoms with Crippen molar-refractivity contribution in [2.75, 3.05) is 13.8 Å². The summed E-state index contributed by atoms with van der Waals surface area (Å²) in [5.74, 6) is -0.930. The van der Waals surface area contributed by atoms with Crippen LogP contribution in [0.25, 0.3) is 0 Å². The lowest BCUT2D eigenvalue weighted by Gasteiger charge is -2.25. The average molecular weight is 278 g/mol. The molecule has 0 saturated carbocycles. The zero-order chi connectivity index (χ0) is 14.5. The summed E-state index contributed by atoms with van der Waals surface area (Å²) in [5, 5.41) is 14.4. The Morgan fingerprint density at radius 1 is 1.40 bits per heavy atom. The largest absolute Gasteiger partial charge is 0.478 e. The summed E-state index contributed by atoms with van der Waals surface area (Å²) in [4.78, 5) is 22.5. The van der Waals surface area contributed by atoms with Crippen molar-refractivity contribution in [3.05, 3.63) is 34.9 Å². The Morgan fingerprint density at radius 2 is 2.20 bits per heavy atom. The first-order valence-corrected chi connectivity index (χ1v) is 6.48. The van der Waals surface area contributed by atoms with Crippen LogP contribution in [0, 0.1) is 0 Å². The highest BCUT2D eigenvalue weighted by molar-refractivity contribution is 5.88. The molecular weight excluding hydrogens is 260 g/mol. The van der Waals surface area contributed by atoms with Crippen LogP contribution in [-0.2, 0) is 17.6 Å². The van der Waals surface area contributed by atoms with Gasteiger partial charge in [0.25, 0.3) is 0 Å². The lowest BCUT2D eigenvalue weighted by Crippen LogP contribution is -2.45. The number of hydrogen-bond donors (Lipinski definition) is 3. The smallest absolute Gasteiger partial charge is 0.335 e. The van der Waals surface area contributed by atoms with Gasteiger partial charge in [0.2, 0.25) is 0 Å². The van der Waals surface area contributed by atoms with Crippen molar-refractivity contribution in [1.82, 2.24) is 10.6 Å². The average Bonchev–Trinajstić information content (AvgIpc) is 2.44. The first-order chi connectivity index (χ1) is 9.60. The summed E-state index contributed by atoms with van der Waals surface area (Å²) in [6.07, 6.45) is 2.33. The number of methoxy groups -OCH3 is 1. The van der Waals surface area contributed by atoms with Crippen molar-refractivity contribution in [2.24, 2.45) is 0 Å². The van der Waals surface area contributed by atoms with Gasteiger partial charge in [0.1, 0.15) is 6.73 Å². The highest BCUT2D eigenvalue weighted by atomic mass is 16.5. The highest BCUT2D eigenvalue weighted by Crippen LogP contribution is 2.22. The number of rotatable bonds is 4. The minimum absolute atomic E-state index is 0.0170. The van der Waals surface area contributed by atoms with E-state index >= 15 is 0 Å². The minimum Gasteiger partial charge on any atom is -0.478 e. The van der Waals surface area contributed by atoms with E-state index in [1.165, 1.54) is 7.11 Å². The molecule has 2 amide bonds. The number of carbonyl (C=O) groups excluding carboxylic acids is 1. The molecule has 3 N–H and O–H groups in total. The van der Waals surface area contributed by atoms with Crippen molar-refractivity contribution in [3.63, 3.8) is 0 Å². The number of benzene rings is 1. The Balaban J connectivity index is 2.00. The number of hydrogen-bond acceptors (Lipinski definition) is 3. The lowest BCUT2D eigenvalue weighted by atomic mass is 9.87. The molecule has 0 aromatic heterocycles. The van der Waals surface area contributed by atoms with E-state index < -0.39 is 5.97 Å². The molecule has 1 aromatic carbocycles. The van der Waals surface area contributed by atoms with Gasteiger partial charge in [-0.1, -0.05) is 6.07 Å². The van der Waals surface area contributed by atoms with Gasteiger partial charge in [-0.2, -0.15) is 0 Å². The van der Waals surface area contributed by atoms with Crippen LogP contribution < -0.4 is 10.6 Å². The van der Waals surface area contributed by atoms with Crippen molar-refractivity contribution in [2.45, 2.75) is 25.3 Å². The molecule has 6 nitrogen and oxygen atoms in total. The fraction of sp³-hybridized carbons (Fsp3) is 0.429. The van der Waals surface area contributed by atoms with E-state index in [2.05, 4.69) is 10.6 Å². The first kappa shape index (κ1) is 14.3. The number of fused-ring (bicyclic) bond motifs is 1. The first-order valence-electron chi connectivity index (χ1n) is 6.48. The van der Waals surface area contributed by atoms with Crippen LogP contribution in [0.3, 0.4) is 0 Å². The molecule has 20 heavy (non-hydrogen) atoms. The van der Waals surface area contributed by atoms with Crippen LogP contribution in [0.5, 0.6) is 0 Å². The zero-order valence-corrected chi connectivity index (χ0v) is 11.3. The standard InChI is InChI=1S/C14H18N2O4/c1-20-8-15-14(19)16-12-5-4-9-2-3-10(13(17)18)6-11(9)7-12/h2-3,6,12H,4-5,7-8H2,1H3,(H,17,18)(H2,15,16,19). The van der Waals surface area contributed by atoms with Crippen LogP contribution in [0.1, 0.15) is 27.9 Å². The molecule has 0 saturated heterocycles. The van der Waals surface area contributed by atoms with Crippen molar-refractivity contribution >= 4 is 12.0 Å². The molecule has 1 atom stereocenters. The molecule has 6 heteroatoms. The topological polar surface area (TPSA) is 87.7 Å². The van der Waals surface area contributed by atoms with E-state index in [4.69, 9.17) is 9.84 Å². The predicted molar refractivity (Wildman–Crippen MR) is 72.8 cm³/mol. The second kappa shape index (κ2) is 6.38. The molecular formula is C14H18N2O4. The number of urea groups is 1. The van der Waals surface area contributed by atoms with E-state index in [1.807, 2.05) is 6.07 Å². The molecule has 0 aliphatic heterocycles. The van der Waals surface area contributed by atoms with Crippen molar-refractivity contribution < 1.29 is 19.4 Å². The maximum absolute atomic E-state index is 11.6. The second-order valence-corrected chi connectivity index (χ2v) is 4.81. The van der Waals surface area contributed by atoms with Crippen LogP contribution in [0.15, 0.2) is 18.2 Å². The fourth-order valence-corrected chi connectivity index (χ4v) is 2.39. The van der Waals surface area contributed by atoms with Gasteiger partial charge in [-0.05, 0) is 42.5 Å². The van der Waals surface area contributed by atoms with Gasteiger partial charge in [-0.25, -0.2) is 9.59 Å². The third-order valence-corrected chi connectivity index (χ3v) is 3.39. The fourth-order valence-electron chi connectivity index (χ4n) is 2.39. The molecule has 1 aromatic rings. The van der Waals surface area contributed by atoms with Gasteiger partial charge in [-0.15, -0.1) is 0 Å². The van der Waals surface area contributed by atoms with E-state index in [1.54, 1.807) is 12.1 Å². The van der Waals surface area contributed by atoms with Gasteiger partial charge in [0, 0.05) is 13.2 Å². The number of ether oxygens (including phenoxy) is 1. The zero-order valence-electron chi connectivity index (χ0n) is 11.3. The summed E-state index contributed by atoms with van der Waals surface area (Å²) in [6.45, 7) is 0.165. The number of carbonyl (C=O) groups is 2. The Bertz CT molecular complexity index is 516. The van der Waals surface area contributed by atoms with E-state index in [9.17, 15) is 9.59 Å². The van der Waals surface area contributed by atoms with Crippen molar-refractivity contribution in [1.29, 1.82) is 0 Å². The maximum Gasteiger partial charge on any atom is 0.335 e. The summed E-state index contributed by atoms with van der Waals surface area (Å²) >= 11 is 0. The van der Waals surface area contributed by atoms with Gasteiger partial charge in [0.05, 0.1) is 5.56 Å². The van der Waals surface area contributed by atoms with Crippen LogP contribution in [0.4, 0.5) is 4.79 Å². The molecule has 1 unspecified atom stereocenters. The molecule has 0 spiro atoms. The normalized spacial score (nSPS) is 17.1. The predicted octanol–water partition coefficient (Wildman–Crippen LogP) is 1.15. The van der Waals surface area contributed by atoms with Gasteiger partial charge in [-0.3, -0.25) is 0 Å². The molecule has 0 heterocycles. The number of carboxylic acid groups (broad SMARTS) is 1. The Labute approximate surface area is 117 Å². The molecule has 108 valence electrons. The summed E-state index contributed by atoms with van der Waals surface area (Å²) in [7, 11) is 1.50. The quantitative estimate of drug-likeness (QED) is 0.721. The van der Waals surface area contributed by atoms with E-state index in [0.717, 1.165) is 24.0 Å². The Hall–Kier alpha value is -2.08. The van der Waals surface area contributed by atoms with Crippen LogP contribution >= 0.6 is 0 Å². The Kier molecular flexibility index (Phi) is 4.57. The molecule has 0 fully saturated rings. The number of amides is 2. The molecule has 0 radical (unpaired) electrons. The minimum atomic E-state index is -0.930. The monoisotopic (exact) mass is 278 g/mol. The third kappa shape index (κ3) is 3.48. The number of aromatic carboxylic acids is 1. The number of nitrogens with one attached hydrogen (secondary N) is 2. The molecule has 2 rings (SSSR count). The Morgan fingerprint density at radius 3 is 2.90 bits per heavy atom. The molecule has 1 aliphatic rings. The lowest BCUT2D eigenvalue weighted by molar-refractivity contribution is 0.0696. The summed E-state index contributed by atoms with van der Waals surface area (Å²) in [6, 6.07) is 4.93. The summed E-state index contributed by atoms with van der Waals surface area (Å²) in [5.41, 5.74) is 2.44. The van der Waals surface area contributed by atoms with E-state index in [-0.39, 0.29) is 24.4 Å². The summed E-state index contributed by atoms with van der Waals surface area (Å²) < 4.78 is 4.76. The van der Waals surface area contributed by atoms with Gasteiger partial charge >= 0.3 is 12.0 Å². The molecule has 1 aliphatic carbocycles. The van der Waals surface area contributed by atoms with E-state index in [0.29, 0.717) is 6.42 Å². The number of aryl methyl sites for hydroxylation is 1. The molecule has 0 bridgehead atoms. The van der Waals surface area contributed by atoms with Gasteiger partial charge in [0.15, 0.2) is 0 Å². The van der Waals surface area contributed by atoms with Crippen LogP contribution in [-0.4, -0.2) is 37.0 Å². The second-order valence-electron chi connectivity index (χ2n) is 4.81. The highest BCUT2D eigenvalue weighted by Gasteiger charge is 2.21. The maximum atomic E-state index is 11.6. The third-order valence-electron chi connectivity index (χ3n) is 3.39. The van der Waals surface area contributed by atoms with Gasteiger partial charge < -0.3 is 20.5 Å². The SMILES string of the molecule is COCNC(=O)NC1CCc2ccc(C(=O)O)cc2C1.